The van der Waals surface area contributed by atoms with Crippen LogP contribution in [0.1, 0.15) is 31.4 Å². The third kappa shape index (κ3) is 7.10. The molecule has 4 nitrogen and oxygen atoms in total. The topological polar surface area (TPSA) is 45.7 Å². The molecule has 1 atom stereocenters. The molecule has 1 aliphatic heterocycles. The van der Waals surface area contributed by atoms with E-state index in [1.807, 2.05) is 24.3 Å². The smallest absolute Gasteiger partial charge is 0.191 e. The Labute approximate surface area is 160 Å². The Hall–Kier alpha value is -0.790. The number of guanidine groups is 1. The number of hydrogen-bond acceptors (Lipinski definition) is 2. The summed E-state index contributed by atoms with van der Waals surface area (Å²) in [5.74, 6) is 0.815. The van der Waals surface area contributed by atoms with Crippen molar-refractivity contribution in [3.8, 4) is 0 Å². The molecular formula is C17H25ClIN3O. The van der Waals surface area contributed by atoms with E-state index in [1.165, 1.54) is 11.1 Å². The van der Waals surface area contributed by atoms with E-state index in [4.69, 9.17) is 16.3 Å². The molecule has 0 fully saturated rings. The van der Waals surface area contributed by atoms with Crippen molar-refractivity contribution >= 4 is 41.5 Å². The number of rotatable bonds is 5. The van der Waals surface area contributed by atoms with E-state index in [2.05, 4.69) is 28.6 Å². The lowest BCUT2D eigenvalue weighted by atomic mass is 10.1. The van der Waals surface area contributed by atoms with Crippen LogP contribution in [0.25, 0.3) is 0 Å². The van der Waals surface area contributed by atoms with Gasteiger partial charge in [0.05, 0.1) is 19.3 Å². The predicted octanol–water partition coefficient (Wildman–Crippen LogP) is 3.92. The molecule has 128 valence electrons. The Bertz CT molecular complexity index is 531. The Morgan fingerprint density at radius 2 is 2.09 bits per heavy atom. The number of hydrogen-bond donors (Lipinski definition) is 2. The number of halogens is 2. The average Bonchev–Trinajstić information content (AvgIpc) is 2.55. The molecule has 2 rings (SSSR count). The summed E-state index contributed by atoms with van der Waals surface area (Å²) in [4.78, 5) is 4.28. The molecule has 0 spiro atoms. The fourth-order valence-corrected chi connectivity index (χ4v) is 2.49. The molecule has 2 N–H and O–H groups in total. The summed E-state index contributed by atoms with van der Waals surface area (Å²) in [6.07, 6.45) is 4.24. The molecule has 0 bridgehead atoms. The fourth-order valence-electron chi connectivity index (χ4n) is 2.37. The van der Waals surface area contributed by atoms with Gasteiger partial charge in [0.2, 0.25) is 0 Å². The van der Waals surface area contributed by atoms with E-state index in [9.17, 15) is 0 Å². The maximum atomic E-state index is 5.92. The van der Waals surface area contributed by atoms with Gasteiger partial charge in [0.15, 0.2) is 5.96 Å². The number of ether oxygens (including phenoxy) is 1. The molecule has 0 saturated heterocycles. The minimum atomic E-state index is 0. The highest BCUT2D eigenvalue weighted by molar-refractivity contribution is 14.0. The van der Waals surface area contributed by atoms with Gasteiger partial charge in [-0.1, -0.05) is 35.4 Å². The molecule has 23 heavy (non-hydrogen) atoms. The normalized spacial score (nSPS) is 16.1. The van der Waals surface area contributed by atoms with Gasteiger partial charge in [0, 0.05) is 18.6 Å². The largest absolute Gasteiger partial charge is 0.377 e. The monoisotopic (exact) mass is 449 g/mol. The summed E-state index contributed by atoms with van der Waals surface area (Å²) in [6, 6.07) is 8.04. The first kappa shape index (κ1) is 20.3. The number of benzene rings is 1. The van der Waals surface area contributed by atoms with Crippen LogP contribution >= 0.6 is 35.6 Å². The van der Waals surface area contributed by atoms with E-state index in [-0.39, 0.29) is 30.0 Å². The quantitative estimate of drug-likeness (QED) is 0.310. The molecule has 1 aliphatic rings. The van der Waals surface area contributed by atoms with E-state index in [0.717, 1.165) is 43.6 Å². The predicted molar refractivity (Wildman–Crippen MR) is 108 cm³/mol. The summed E-state index contributed by atoms with van der Waals surface area (Å²) < 4.78 is 5.32. The molecule has 0 saturated carbocycles. The number of nitrogens with zero attached hydrogens (tertiary/aromatic N) is 1. The molecule has 6 heteroatoms. The third-order valence-electron chi connectivity index (χ3n) is 3.74. The van der Waals surface area contributed by atoms with Gasteiger partial charge in [-0.05, 0) is 37.5 Å². The molecule has 1 aromatic carbocycles. The van der Waals surface area contributed by atoms with Crippen molar-refractivity contribution in [2.75, 3.05) is 26.8 Å². The van der Waals surface area contributed by atoms with E-state index < -0.39 is 0 Å². The summed E-state index contributed by atoms with van der Waals surface area (Å²) in [7, 11) is 1.79. The summed E-state index contributed by atoms with van der Waals surface area (Å²) in [5, 5.41) is 7.50. The van der Waals surface area contributed by atoms with Crippen LogP contribution in [-0.2, 0) is 4.74 Å². The van der Waals surface area contributed by atoms with Crippen molar-refractivity contribution in [2.24, 2.45) is 4.99 Å². The van der Waals surface area contributed by atoms with Crippen molar-refractivity contribution in [1.82, 2.24) is 10.6 Å². The van der Waals surface area contributed by atoms with Gasteiger partial charge < -0.3 is 15.4 Å². The van der Waals surface area contributed by atoms with Crippen LogP contribution in [0, 0.1) is 0 Å². The molecule has 0 aromatic heterocycles. The molecule has 0 amide bonds. The number of nitrogens with one attached hydrogen (secondary N) is 2. The number of aliphatic imine (C=N–C) groups is 1. The van der Waals surface area contributed by atoms with Crippen LogP contribution in [0.15, 0.2) is 40.9 Å². The van der Waals surface area contributed by atoms with Crippen LogP contribution in [0.2, 0.25) is 5.02 Å². The Kier molecular flexibility index (Phi) is 9.59. The second kappa shape index (κ2) is 10.9. The van der Waals surface area contributed by atoms with Gasteiger partial charge in [-0.2, -0.15) is 0 Å². The first-order valence-corrected chi connectivity index (χ1v) is 8.05. The minimum absolute atomic E-state index is 0. The SMILES string of the molecule is CN=C(NCCC1=CCOCC1)NC(C)c1ccc(Cl)cc1.I. The van der Waals surface area contributed by atoms with Crippen LogP contribution in [0.3, 0.4) is 0 Å². The van der Waals surface area contributed by atoms with E-state index in [0.29, 0.717) is 0 Å². The van der Waals surface area contributed by atoms with Crippen LogP contribution < -0.4 is 10.6 Å². The average molecular weight is 450 g/mol. The maximum Gasteiger partial charge on any atom is 0.191 e. The van der Waals surface area contributed by atoms with Gasteiger partial charge in [0.1, 0.15) is 0 Å². The van der Waals surface area contributed by atoms with Gasteiger partial charge in [-0.15, -0.1) is 24.0 Å². The maximum absolute atomic E-state index is 5.92. The highest BCUT2D eigenvalue weighted by Gasteiger charge is 2.08. The first-order chi connectivity index (χ1) is 10.7. The molecule has 1 aromatic rings. The van der Waals surface area contributed by atoms with Crippen LogP contribution in [0.5, 0.6) is 0 Å². The van der Waals surface area contributed by atoms with Crippen molar-refractivity contribution in [2.45, 2.75) is 25.8 Å². The summed E-state index contributed by atoms with van der Waals surface area (Å²) in [6.45, 7) is 4.57. The summed E-state index contributed by atoms with van der Waals surface area (Å²) in [5.41, 5.74) is 2.64. The zero-order valence-corrected chi connectivity index (χ0v) is 16.7. The zero-order chi connectivity index (χ0) is 15.8. The lowest BCUT2D eigenvalue weighted by molar-refractivity contribution is 0.153. The van der Waals surface area contributed by atoms with Gasteiger partial charge in [-0.25, -0.2) is 0 Å². The third-order valence-corrected chi connectivity index (χ3v) is 3.99. The Balaban J connectivity index is 0.00000264. The van der Waals surface area contributed by atoms with Crippen molar-refractivity contribution in [1.29, 1.82) is 0 Å². The molecule has 1 unspecified atom stereocenters. The molecule has 0 radical (unpaired) electrons. The van der Waals surface area contributed by atoms with E-state index >= 15 is 0 Å². The van der Waals surface area contributed by atoms with Crippen LogP contribution in [0.4, 0.5) is 0 Å². The lowest BCUT2D eigenvalue weighted by Gasteiger charge is -2.19. The second-order valence-electron chi connectivity index (χ2n) is 5.35. The molecular weight excluding hydrogens is 425 g/mol. The summed E-state index contributed by atoms with van der Waals surface area (Å²) >= 11 is 5.92. The first-order valence-electron chi connectivity index (χ1n) is 7.67. The standard InChI is InChI=1S/C17H24ClN3O.HI/c1-13(15-3-5-16(18)6-4-15)21-17(19-2)20-10-7-14-8-11-22-12-9-14;/h3-6,8,13H,7,9-12H2,1-2H3,(H2,19,20,21);1H. The lowest BCUT2D eigenvalue weighted by Crippen LogP contribution is -2.39. The van der Waals surface area contributed by atoms with Gasteiger partial charge >= 0.3 is 0 Å². The van der Waals surface area contributed by atoms with E-state index in [1.54, 1.807) is 7.05 Å². The van der Waals surface area contributed by atoms with Gasteiger partial charge in [0.25, 0.3) is 0 Å². The van der Waals surface area contributed by atoms with Gasteiger partial charge in [-0.3, -0.25) is 4.99 Å². The van der Waals surface area contributed by atoms with Crippen molar-refractivity contribution < 1.29 is 4.74 Å². The van der Waals surface area contributed by atoms with Crippen molar-refractivity contribution in [3.05, 3.63) is 46.5 Å². The Morgan fingerprint density at radius 1 is 1.35 bits per heavy atom. The second-order valence-corrected chi connectivity index (χ2v) is 5.79. The Morgan fingerprint density at radius 3 is 2.70 bits per heavy atom. The minimum Gasteiger partial charge on any atom is -0.377 e. The fraction of sp³-hybridized carbons (Fsp3) is 0.471. The van der Waals surface area contributed by atoms with Crippen molar-refractivity contribution in [3.63, 3.8) is 0 Å². The molecule has 1 heterocycles. The zero-order valence-electron chi connectivity index (χ0n) is 13.6. The van der Waals surface area contributed by atoms with Crippen LogP contribution in [-0.4, -0.2) is 32.8 Å². The highest BCUT2D eigenvalue weighted by atomic mass is 127. The molecule has 0 aliphatic carbocycles. The highest BCUT2D eigenvalue weighted by Crippen LogP contribution is 2.16.